The number of unbranched alkanes of at least 4 members (excludes halogenated alkanes) is 1. The number of ether oxygens (including phenoxy) is 1. The molecule has 0 heterocycles. The number of hydrogen-bond donors (Lipinski definition) is 0. The summed E-state index contributed by atoms with van der Waals surface area (Å²) in [5.74, 6) is 1.20. The van der Waals surface area contributed by atoms with Crippen LogP contribution >= 0.6 is 0 Å². The smallest absolute Gasteiger partial charge is 0.306 e. The number of carbonyl (C=O) groups is 1. The van der Waals surface area contributed by atoms with Crippen LogP contribution in [0.4, 0.5) is 0 Å². The van der Waals surface area contributed by atoms with Gasteiger partial charge in [-0.05, 0) is 31.1 Å². The van der Waals surface area contributed by atoms with E-state index in [0.717, 1.165) is 6.42 Å². The Bertz CT molecular complexity index is 219. The minimum absolute atomic E-state index is 0.0310. The standard InChI is InChI=1S/C16H30O2/c1-3-5-9-14(4-2)12-16(17)18-13-15-10-7-6-8-11-15/h14-15H,3-13H2,1-2H3. The molecular formula is C16H30O2. The molecule has 0 N–H and O–H groups in total. The summed E-state index contributed by atoms with van der Waals surface area (Å²) < 4.78 is 5.45. The van der Waals surface area contributed by atoms with Gasteiger partial charge in [-0.1, -0.05) is 52.4 Å². The Balaban J connectivity index is 2.14. The van der Waals surface area contributed by atoms with Crippen molar-refractivity contribution in [3.8, 4) is 0 Å². The van der Waals surface area contributed by atoms with Crippen molar-refractivity contribution in [2.24, 2.45) is 11.8 Å². The molecule has 2 heteroatoms. The molecule has 0 spiro atoms. The molecule has 0 saturated heterocycles. The highest BCUT2D eigenvalue weighted by atomic mass is 16.5. The summed E-state index contributed by atoms with van der Waals surface area (Å²) in [5.41, 5.74) is 0. The first-order valence-corrected chi connectivity index (χ1v) is 7.91. The lowest BCUT2D eigenvalue weighted by Crippen LogP contribution is -2.18. The molecule has 0 amide bonds. The van der Waals surface area contributed by atoms with Crippen molar-refractivity contribution < 1.29 is 9.53 Å². The van der Waals surface area contributed by atoms with Crippen molar-refractivity contribution in [2.45, 2.75) is 78.1 Å². The maximum Gasteiger partial charge on any atom is 0.306 e. The monoisotopic (exact) mass is 254 g/mol. The molecule has 18 heavy (non-hydrogen) atoms. The molecule has 1 aliphatic carbocycles. The van der Waals surface area contributed by atoms with E-state index < -0.39 is 0 Å². The zero-order chi connectivity index (χ0) is 13.2. The van der Waals surface area contributed by atoms with Gasteiger partial charge in [0.15, 0.2) is 0 Å². The zero-order valence-corrected chi connectivity index (χ0v) is 12.2. The Hall–Kier alpha value is -0.530. The summed E-state index contributed by atoms with van der Waals surface area (Å²) in [7, 11) is 0. The Morgan fingerprint density at radius 3 is 2.56 bits per heavy atom. The van der Waals surface area contributed by atoms with Crippen LogP contribution in [0, 0.1) is 11.8 Å². The van der Waals surface area contributed by atoms with Crippen molar-refractivity contribution in [2.75, 3.05) is 6.61 Å². The SMILES string of the molecule is CCCCC(CC)CC(=O)OCC1CCCCC1. The Labute approximate surface area is 112 Å². The van der Waals surface area contributed by atoms with Crippen LogP contribution in [0.5, 0.6) is 0 Å². The van der Waals surface area contributed by atoms with Gasteiger partial charge in [-0.15, -0.1) is 0 Å². The second-order valence-corrected chi connectivity index (χ2v) is 5.81. The molecule has 0 aromatic heterocycles. The molecule has 1 aliphatic rings. The van der Waals surface area contributed by atoms with E-state index in [0.29, 0.717) is 24.9 Å². The van der Waals surface area contributed by atoms with Crippen LogP contribution < -0.4 is 0 Å². The predicted octanol–water partition coefficient (Wildman–Crippen LogP) is 4.72. The first-order valence-electron chi connectivity index (χ1n) is 7.91. The summed E-state index contributed by atoms with van der Waals surface area (Å²) >= 11 is 0. The maximum absolute atomic E-state index is 11.8. The average molecular weight is 254 g/mol. The number of carbonyl (C=O) groups excluding carboxylic acids is 1. The van der Waals surface area contributed by atoms with E-state index in [2.05, 4.69) is 13.8 Å². The minimum atomic E-state index is 0.0310. The van der Waals surface area contributed by atoms with E-state index in [-0.39, 0.29) is 5.97 Å². The van der Waals surface area contributed by atoms with Crippen molar-refractivity contribution >= 4 is 5.97 Å². The summed E-state index contributed by atoms with van der Waals surface area (Å²) in [6.07, 6.45) is 11.8. The third-order valence-electron chi connectivity index (χ3n) is 4.20. The molecule has 0 aliphatic heterocycles. The molecule has 1 unspecified atom stereocenters. The fourth-order valence-corrected chi connectivity index (χ4v) is 2.80. The molecule has 1 saturated carbocycles. The van der Waals surface area contributed by atoms with Gasteiger partial charge < -0.3 is 4.74 Å². The summed E-state index contributed by atoms with van der Waals surface area (Å²) in [4.78, 5) is 11.8. The van der Waals surface area contributed by atoms with Gasteiger partial charge in [0.25, 0.3) is 0 Å². The van der Waals surface area contributed by atoms with E-state index >= 15 is 0 Å². The van der Waals surface area contributed by atoms with Gasteiger partial charge in [0, 0.05) is 6.42 Å². The first kappa shape index (κ1) is 15.5. The third kappa shape index (κ3) is 6.42. The van der Waals surface area contributed by atoms with Crippen LogP contribution in [0.15, 0.2) is 0 Å². The van der Waals surface area contributed by atoms with Gasteiger partial charge in [0.2, 0.25) is 0 Å². The van der Waals surface area contributed by atoms with Gasteiger partial charge in [-0.3, -0.25) is 4.79 Å². The van der Waals surface area contributed by atoms with E-state index in [1.807, 2.05) is 0 Å². The van der Waals surface area contributed by atoms with Crippen molar-refractivity contribution in [1.82, 2.24) is 0 Å². The lowest BCUT2D eigenvalue weighted by atomic mass is 9.90. The molecule has 1 rings (SSSR count). The highest BCUT2D eigenvalue weighted by Gasteiger charge is 2.17. The van der Waals surface area contributed by atoms with Crippen LogP contribution in [0.25, 0.3) is 0 Å². The molecule has 0 bridgehead atoms. The van der Waals surface area contributed by atoms with E-state index in [9.17, 15) is 4.79 Å². The molecule has 1 fully saturated rings. The number of esters is 1. The van der Waals surface area contributed by atoms with Gasteiger partial charge in [0.1, 0.15) is 0 Å². The summed E-state index contributed by atoms with van der Waals surface area (Å²) in [6.45, 7) is 5.05. The molecule has 0 radical (unpaired) electrons. The van der Waals surface area contributed by atoms with Crippen LogP contribution in [-0.4, -0.2) is 12.6 Å². The normalized spacial score (nSPS) is 18.6. The largest absolute Gasteiger partial charge is 0.465 e. The second-order valence-electron chi connectivity index (χ2n) is 5.81. The Kier molecular flexibility index (Phi) is 8.11. The second kappa shape index (κ2) is 9.41. The third-order valence-corrected chi connectivity index (χ3v) is 4.20. The van der Waals surface area contributed by atoms with Crippen molar-refractivity contribution in [3.63, 3.8) is 0 Å². The summed E-state index contributed by atoms with van der Waals surface area (Å²) in [6, 6.07) is 0. The van der Waals surface area contributed by atoms with Crippen LogP contribution in [-0.2, 0) is 9.53 Å². The Morgan fingerprint density at radius 1 is 1.22 bits per heavy atom. The predicted molar refractivity (Wildman–Crippen MR) is 75.5 cm³/mol. The van der Waals surface area contributed by atoms with E-state index in [1.54, 1.807) is 0 Å². The molecule has 0 aromatic carbocycles. The fraction of sp³-hybridized carbons (Fsp3) is 0.938. The highest BCUT2D eigenvalue weighted by Crippen LogP contribution is 2.24. The van der Waals surface area contributed by atoms with Crippen LogP contribution in [0.3, 0.4) is 0 Å². The molecule has 2 nitrogen and oxygen atoms in total. The van der Waals surface area contributed by atoms with Gasteiger partial charge >= 0.3 is 5.97 Å². The molecule has 106 valence electrons. The van der Waals surface area contributed by atoms with Crippen molar-refractivity contribution in [1.29, 1.82) is 0 Å². The maximum atomic E-state index is 11.8. The molecule has 0 aromatic rings. The molecule has 1 atom stereocenters. The number of rotatable bonds is 8. The fourth-order valence-electron chi connectivity index (χ4n) is 2.80. The lowest BCUT2D eigenvalue weighted by molar-refractivity contribution is -0.146. The average Bonchev–Trinajstić information content (AvgIpc) is 2.42. The van der Waals surface area contributed by atoms with Crippen LogP contribution in [0.2, 0.25) is 0 Å². The topological polar surface area (TPSA) is 26.3 Å². The van der Waals surface area contributed by atoms with E-state index in [1.165, 1.54) is 51.4 Å². The zero-order valence-electron chi connectivity index (χ0n) is 12.2. The Morgan fingerprint density at radius 2 is 1.94 bits per heavy atom. The van der Waals surface area contributed by atoms with Gasteiger partial charge in [-0.25, -0.2) is 0 Å². The number of hydrogen-bond acceptors (Lipinski definition) is 2. The highest BCUT2D eigenvalue weighted by molar-refractivity contribution is 5.69. The van der Waals surface area contributed by atoms with Gasteiger partial charge in [0.05, 0.1) is 6.61 Å². The lowest BCUT2D eigenvalue weighted by Gasteiger charge is -2.21. The first-order chi connectivity index (χ1) is 8.76. The van der Waals surface area contributed by atoms with E-state index in [4.69, 9.17) is 4.74 Å². The molecular weight excluding hydrogens is 224 g/mol. The quantitative estimate of drug-likeness (QED) is 0.586. The summed E-state index contributed by atoms with van der Waals surface area (Å²) in [5, 5.41) is 0. The van der Waals surface area contributed by atoms with Crippen LogP contribution in [0.1, 0.15) is 78.1 Å². The minimum Gasteiger partial charge on any atom is -0.465 e. The van der Waals surface area contributed by atoms with Gasteiger partial charge in [-0.2, -0.15) is 0 Å². The van der Waals surface area contributed by atoms with Crippen molar-refractivity contribution in [3.05, 3.63) is 0 Å².